The highest BCUT2D eigenvalue weighted by atomic mass is 16.5. The van der Waals surface area contributed by atoms with E-state index < -0.39 is 0 Å². The molecule has 2 aromatic rings. The van der Waals surface area contributed by atoms with Gasteiger partial charge in [-0.1, -0.05) is 11.6 Å². The summed E-state index contributed by atoms with van der Waals surface area (Å²) in [5.41, 5.74) is 4.05. The van der Waals surface area contributed by atoms with Crippen molar-refractivity contribution in [3.63, 3.8) is 0 Å². The molecule has 1 aromatic heterocycles. The number of carbonyl (C=O) groups is 1. The minimum absolute atomic E-state index is 0.376. The molecule has 0 spiro atoms. The Morgan fingerprint density at radius 1 is 1.28 bits per heavy atom. The van der Waals surface area contributed by atoms with Gasteiger partial charge < -0.3 is 4.74 Å². The van der Waals surface area contributed by atoms with E-state index in [9.17, 15) is 4.79 Å². The average molecular weight is 241 g/mol. The summed E-state index contributed by atoms with van der Waals surface area (Å²) in [5, 5.41) is 1.14. The Labute approximate surface area is 106 Å². The molecule has 0 bridgehead atoms. The Bertz CT molecular complexity index is 630. The van der Waals surface area contributed by atoms with Crippen LogP contribution in [0.2, 0.25) is 0 Å². The van der Waals surface area contributed by atoms with Gasteiger partial charge in [-0.25, -0.2) is 9.78 Å². The third-order valence-electron chi connectivity index (χ3n) is 2.78. The van der Waals surface area contributed by atoms with Gasteiger partial charge in [-0.3, -0.25) is 0 Å². The summed E-state index contributed by atoms with van der Waals surface area (Å²) in [7, 11) is 1.36. The molecule has 0 radical (unpaired) electrons. The number of esters is 1. The molecular formula is C15H15NO2. The van der Waals surface area contributed by atoms with Crippen LogP contribution in [-0.2, 0) is 9.53 Å². The van der Waals surface area contributed by atoms with E-state index in [4.69, 9.17) is 0 Å². The third-order valence-corrected chi connectivity index (χ3v) is 2.78. The van der Waals surface area contributed by atoms with Crippen LogP contribution in [0.5, 0.6) is 0 Å². The maximum atomic E-state index is 11.0. The molecule has 2 rings (SSSR count). The Morgan fingerprint density at radius 2 is 2.06 bits per heavy atom. The van der Waals surface area contributed by atoms with Gasteiger partial charge in [0, 0.05) is 11.5 Å². The summed E-state index contributed by atoms with van der Waals surface area (Å²) in [6, 6.07) is 8.10. The van der Waals surface area contributed by atoms with Crippen LogP contribution in [0.15, 0.2) is 30.3 Å². The summed E-state index contributed by atoms with van der Waals surface area (Å²) in [4.78, 5) is 15.5. The molecule has 0 aliphatic heterocycles. The summed E-state index contributed by atoms with van der Waals surface area (Å²) >= 11 is 0. The van der Waals surface area contributed by atoms with Gasteiger partial charge in [-0.2, -0.15) is 0 Å². The fourth-order valence-electron chi connectivity index (χ4n) is 1.84. The van der Waals surface area contributed by atoms with Crippen LogP contribution in [0, 0.1) is 13.8 Å². The average Bonchev–Trinajstić information content (AvgIpc) is 2.37. The van der Waals surface area contributed by atoms with E-state index in [2.05, 4.69) is 22.7 Å². The standard InChI is InChI=1S/C15H15NO2/c1-10-4-6-14-13(8-10)11(2)9-12(16-14)5-7-15(17)18-3/h4-9H,1-3H3/b7-5+. The number of methoxy groups -OCH3 is 1. The Balaban J connectivity index is 2.46. The quantitative estimate of drug-likeness (QED) is 0.599. The highest BCUT2D eigenvalue weighted by Crippen LogP contribution is 2.19. The van der Waals surface area contributed by atoms with Crippen LogP contribution in [0.25, 0.3) is 17.0 Å². The lowest BCUT2D eigenvalue weighted by Gasteiger charge is -2.04. The molecule has 18 heavy (non-hydrogen) atoms. The Morgan fingerprint density at radius 3 is 2.78 bits per heavy atom. The zero-order valence-corrected chi connectivity index (χ0v) is 10.7. The topological polar surface area (TPSA) is 39.2 Å². The number of hydrogen-bond acceptors (Lipinski definition) is 3. The molecule has 0 saturated heterocycles. The smallest absolute Gasteiger partial charge is 0.330 e. The number of ether oxygens (including phenoxy) is 1. The number of benzene rings is 1. The molecule has 3 nitrogen and oxygen atoms in total. The van der Waals surface area contributed by atoms with Crippen molar-refractivity contribution in [2.24, 2.45) is 0 Å². The van der Waals surface area contributed by atoms with Gasteiger partial charge in [0.2, 0.25) is 0 Å². The molecule has 1 aromatic carbocycles. The lowest BCUT2D eigenvalue weighted by atomic mass is 10.1. The summed E-state index contributed by atoms with van der Waals surface area (Å²) in [6.45, 7) is 4.10. The minimum atomic E-state index is -0.376. The second kappa shape index (κ2) is 5.00. The molecule has 92 valence electrons. The molecule has 0 amide bonds. The highest BCUT2D eigenvalue weighted by molar-refractivity contribution is 5.88. The molecule has 0 fully saturated rings. The molecule has 0 aliphatic rings. The van der Waals surface area contributed by atoms with Crippen molar-refractivity contribution in [1.29, 1.82) is 0 Å². The SMILES string of the molecule is COC(=O)/C=C/c1cc(C)c2cc(C)ccc2n1. The van der Waals surface area contributed by atoms with Gasteiger partial charge in [0.25, 0.3) is 0 Å². The maximum Gasteiger partial charge on any atom is 0.330 e. The van der Waals surface area contributed by atoms with Crippen molar-refractivity contribution in [3.05, 3.63) is 47.2 Å². The molecule has 0 saturated carbocycles. The van der Waals surface area contributed by atoms with Crippen LogP contribution in [0.1, 0.15) is 16.8 Å². The predicted octanol–water partition coefficient (Wildman–Crippen LogP) is 3.04. The van der Waals surface area contributed by atoms with E-state index in [1.165, 1.54) is 18.7 Å². The molecule has 0 aliphatic carbocycles. The monoisotopic (exact) mass is 241 g/mol. The molecule has 0 unspecified atom stereocenters. The van der Waals surface area contributed by atoms with E-state index in [1.54, 1.807) is 6.08 Å². The van der Waals surface area contributed by atoms with E-state index in [0.29, 0.717) is 0 Å². The number of rotatable bonds is 2. The number of aromatic nitrogens is 1. The van der Waals surface area contributed by atoms with Gasteiger partial charge in [0.05, 0.1) is 18.3 Å². The highest BCUT2D eigenvalue weighted by Gasteiger charge is 2.02. The van der Waals surface area contributed by atoms with Gasteiger partial charge in [0.1, 0.15) is 0 Å². The second-order valence-corrected chi connectivity index (χ2v) is 4.24. The first-order valence-electron chi connectivity index (χ1n) is 5.74. The van der Waals surface area contributed by atoms with Crippen molar-refractivity contribution in [1.82, 2.24) is 4.98 Å². The summed E-state index contributed by atoms with van der Waals surface area (Å²) in [6.07, 6.45) is 3.04. The lowest BCUT2D eigenvalue weighted by Crippen LogP contribution is -1.94. The van der Waals surface area contributed by atoms with E-state index >= 15 is 0 Å². The van der Waals surface area contributed by atoms with E-state index in [-0.39, 0.29) is 5.97 Å². The van der Waals surface area contributed by atoms with Crippen LogP contribution >= 0.6 is 0 Å². The molecule has 0 atom stereocenters. The second-order valence-electron chi connectivity index (χ2n) is 4.24. The van der Waals surface area contributed by atoms with Gasteiger partial charge in [-0.05, 0) is 43.7 Å². The van der Waals surface area contributed by atoms with Crippen LogP contribution in [-0.4, -0.2) is 18.1 Å². The molecule has 0 N–H and O–H groups in total. The van der Waals surface area contributed by atoms with E-state index in [1.807, 2.05) is 25.1 Å². The number of fused-ring (bicyclic) bond motifs is 1. The van der Waals surface area contributed by atoms with Crippen molar-refractivity contribution in [3.8, 4) is 0 Å². The first-order chi connectivity index (χ1) is 8.60. The normalized spacial score (nSPS) is 11.1. The van der Waals surface area contributed by atoms with Gasteiger partial charge in [-0.15, -0.1) is 0 Å². The number of carbonyl (C=O) groups excluding carboxylic acids is 1. The van der Waals surface area contributed by atoms with Crippen LogP contribution in [0.4, 0.5) is 0 Å². The number of pyridine rings is 1. The third kappa shape index (κ3) is 2.56. The van der Waals surface area contributed by atoms with Crippen LogP contribution in [0.3, 0.4) is 0 Å². The van der Waals surface area contributed by atoms with Crippen molar-refractivity contribution in [2.75, 3.05) is 7.11 Å². The fourth-order valence-corrected chi connectivity index (χ4v) is 1.84. The Hall–Kier alpha value is -2.16. The largest absolute Gasteiger partial charge is 0.466 e. The first kappa shape index (κ1) is 12.3. The lowest BCUT2D eigenvalue weighted by molar-refractivity contribution is -0.134. The molecular weight excluding hydrogens is 226 g/mol. The summed E-state index contributed by atoms with van der Waals surface area (Å²) < 4.78 is 4.55. The summed E-state index contributed by atoms with van der Waals surface area (Å²) in [5.74, 6) is -0.376. The zero-order chi connectivity index (χ0) is 13.1. The van der Waals surface area contributed by atoms with Crippen LogP contribution < -0.4 is 0 Å². The predicted molar refractivity (Wildman–Crippen MR) is 72.3 cm³/mol. The number of nitrogens with zero attached hydrogens (tertiary/aromatic N) is 1. The molecule has 3 heteroatoms. The van der Waals surface area contributed by atoms with Crippen molar-refractivity contribution in [2.45, 2.75) is 13.8 Å². The minimum Gasteiger partial charge on any atom is -0.466 e. The number of hydrogen-bond donors (Lipinski definition) is 0. The van der Waals surface area contributed by atoms with Gasteiger partial charge >= 0.3 is 5.97 Å². The van der Waals surface area contributed by atoms with Crippen molar-refractivity contribution >= 4 is 22.9 Å². The first-order valence-corrected chi connectivity index (χ1v) is 5.74. The molecule has 1 heterocycles. The fraction of sp³-hybridized carbons (Fsp3) is 0.200. The van der Waals surface area contributed by atoms with Gasteiger partial charge in [0.15, 0.2) is 0 Å². The Kier molecular flexibility index (Phi) is 3.42. The zero-order valence-electron chi connectivity index (χ0n) is 10.7. The number of aryl methyl sites for hydroxylation is 2. The van der Waals surface area contributed by atoms with Crippen molar-refractivity contribution < 1.29 is 9.53 Å². The maximum absolute atomic E-state index is 11.0. The van der Waals surface area contributed by atoms with E-state index in [0.717, 1.165) is 22.2 Å².